The summed E-state index contributed by atoms with van der Waals surface area (Å²) in [6.07, 6.45) is 1.36. The smallest absolute Gasteiger partial charge is 0.322 e. The molecule has 5 nitrogen and oxygen atoms in total. The van der Waals surface area contributed by atoms with Crippen molar-refractivity contribution in [2.45, 2.75) is 30.7 Å². The number of hydrogen-bond acceptors (Lipinski definition) is 3. The van der Waals surface area contributed by atoms with E-state index in [2.05, 4.69) is 4.72 Å². The van der Waals surface area contributed by atoms with Crippen LogP contribution in [0, 0.1) is 18.7 Å². The van der Waals surface area contributed by atoms with Crippen LogP contribution in [0.1, 0.15) is 18.4 Å². The highest BCUT2D eigenvalue weighted by molar-refractivity contribution is 7.89. The van der Waals surface area contributed by atoms with E-state index in [0.29, 0.717) is 18.4 Å². The third-order valence-corrected chi connectivity index (χ3v) is 4.66. The van der Waals surface area contributed by atoms with Crippen molar-refractivity contribution in [3.8, 4) is 0 Å². The highest BCUT2D eigenvalue weighted by Crippen LogP contribution is 2.33. The number of benzene rings is 1. The van der Waals surface area contributed by atoms with Crippen LogP contribution in [0.4, 0.5) is 4.39 Å². The van der Waals surface area contributed by atoms with Gasteiger partial charge >= 0.3 is 5.97 Å². The van der Waals surface area contributed by atoms with Gasteiger partial charge in [0.1, 0.15) is 11.9 Å². The van der Waals surface area contributed by atoms with Crippen molar-refractivity contribution in [1.29, 1.82) is 0 Å². The molecule has 1 fully saturated rings. The first-order chi connectivity index (χ1) is 8.81. The van der Waals surface area contributed by atoms with Crippen molar-refractivity contribution in [2.75, 3.05) is 0 Å². The van der Waals surface area contributed by atoms with Crippen LogP contribution in [0.25, 0.3) is 0 Å². The molecule has 2 rings (SSSR count). The molecule has 0 aromatic heterocycles. The number of aliphatic carboxylic acids is 1. The quantitative estimate of drug-likeness (QED) is 0.854. The second kappa shape index (κ2) is 4.90. The van der Waals surface area contributed by atoms with Crippen LogP contribution in [-0.4, -0.2) is 25.5 Å². The molecular weight excluding hydrogens is 273 g/mol. The third kappa shape index (κ3) is 3.10. The topological polar surface area (TPSA) is 83.5 Å². The average Bonchev–Trinajstić information content (AvgIpc) is 3.13. The molecule has 1 atom stereocenters. The van der Waals surface area contributed by atoms with Gasteiger partial charge < -0.3 is 5.11 Å². The lowest BCUT2D eigenvalue weighted by Crippen LogP contribution is -2.42. The largest absolute Gasteiger partial charge is 0.480 e. The van der Waals surface area contributed by atoms with E-state index in [0.717, 1.165) is 12.1 Å². The zero-order valence-electron chi connectivity index (χ0n) is 10.3. The molecule has 1 aliphatic rings. The van der Waals surface area contributed by atoms with Gasteiger partial charge in [0.2, 0.25) is 10.0 Å². The van der Waals surface area contributed by atoms with Crippen LogP contribution >= 0.6 is 0 Å². The molecule has 0 bridgehead atoms. The van der Waals surface area contributed by atoms with Gasteiger partial charge in [-0.05, 0) is 43.4 Å². The Morgan fingerprint density at radius 2 is 2.11 bits per heavy atom. The minimum Gasteiger partial charge on any atom is -0.480 e. The molecule has 1 aromatic carbocycles. The second-order valence-electron chi connectivity index (χ2n) is 4.68. The first-order valence-corrected chi connectivity index (χ1v) is 7.31. The summed E-state index contributed by atoms with van der Waals surface area (Å²) in [4.78, 5) is 10.8. The first-order valence-electron chi connectivity index (χ1n) is 5.82. The molecule has 1 saturated carbocycles. The Hall–Kier alpha value is -1.47. The van der Waals surface area contributed by atoms with Crippen LogP contribution in [0.3, 0.4) is 0 Å². The maximum atomic E-state index is 13.1. The summed E-state index contributed by atoms with van der Waals surface area (Å²) in [6, 6.07) is 2.25. The van der Waals surface area contributed by atoms with Gasteiger partial charge in [0.25, 0.3) is 0 Å². The number of nitrogens with one attached hydrogen (secondary N) is 1. The second-order valence-corrected chi connectivity index (χ2v) is 6.37. The molecule has 2 N–H and O–H groups in total. The molecule has 0 radical (unpaired) electrons. The monoisotopic (exact) mass is 287 g/mol. The van der Waals surface area contributed by atoms with E-state index < -0.39 is 27.9 Å². The molecule has 1 unspecified atom stereocenters. The summed E-state index contributed by atoms with van der Waals surface area (Å²) < 4.78 is 39.5. The van der Waals surface area contributed by atoms with Gasteiger partial charge in [-0.3, -0.25) is 4.79 Å². The van der Waals surface area contributed by atoms with E-state index in [-0.39, 0.29) is 10.8 Å². The number of carboxylic acids is 1. The Balaban J connectivity index is 2.31. The van der Waals surface area contributed by atoms with Crippen molar-refractivity contribution in [1.82, 2.24) is 4.72 Å². The fourth-order valence-corrected chi connectivity index (χ4v) is 3.39. The lowest BCUT2D eigenvalue weighted by atomic mass is 10.2. The molecule has 7 heteroatoms. The number of halogens is 1. The summed E-state index contributed by atoms with van der Waals surface area (Å²) in [5.41, 5.74) is 0.369. The summed E-state index contributed by atoms with van der Waals surface area (Å²) in [7, 11) is -4.03. The van der Waals surface area contributed by atoms with Gasteiger partial charge in [-0.2, -0.15) is 4.72 Å². The third-order valence-electron chi connectivity index (χ3n) is 3.08. The van der Waals surface area contributed by atoms with E-state index in [1.807, 2.05) is 0 Å². The van der Waals surface area contributed by atoms with Crippen LogP contribution in [0.2, 0.25) is 0 Å². The molecule has 1 aliphatic carbocycles. The maximum absolute atomic E-state index is 13.1. The first kappa shape index (κ1) is 14.0. The SMILES string of the molecule is Cc1ccc(F)cc1S(=O)(=O)NC(C(=O)O)C1CC1. The van der Waals surface area contributed by atoms with Crippen molar-refractivity contribution >= 4 is 16.0 Å². The van der Waals surface area contributed by atoms with Crippen LogP contribution in [-0.2, 0) is 14.8 Å². The van der Waals surface area contributed by atoms with Gasteiger partial charge in [0, 0.05) is 0 Å². The van der Waals surface area contributed by atoms with Gasteiger partial charge in [-0.25, -0.2) is 12.8 Å². The fourth-order valence-electron chi connectivity index (χ4n) is 1.87. The number of sulfonamides is 1. The zero-order valence-corrected chi connectivity index (χ0v) is 11.1. The van der Waals surface area contributed by atoms with E-state index in [1.54, 1.807) is 0 Å². The summed E-state index contributed by atoms with van der Waals surface area (Å²) in [5, 5.41) is 9.02. The summed E-state index contributed by atoms with van der Waals surface area (Å²) in [6.45, 7) is 1.53. The summed E-state index contributed by atoms with van der Waals surface area (Å²) >= 11 is 0. The van der Waals surface area contributed by atoms with E-state index in [9.17, 15) is 17.6 Å². The highest BCUT2D eigenvalue weighted by Gasteiger charge is 2.39. The Kier molecular flexibility index (Phi) is 3.60. The average molecular weight is 287 g/mol. The number of aryl methyl sites for hydroxylation is 1. The molecule has 0 aliphatic heterocycles. The molecule has 0 saturated heterocycles. The Bertz CT molecular complexity index is 610. The molecule has 0 amide bonds. The summed E-state index contributed by atoms with van der Waals surface area (Å²) in [5.74, 6) is -2.06. The Labute approximate surface area is 110 Å². The van der Waals surface area contributed by atoms with E-state index in [1.165, 1.54) is 13.0 Å². The number of rotatable bonds is 5. The fraction of sp³-hybridized carbons (Fsp3) is 0.417. The lowest BCUT2D eigenvalue weighted by molar-refractivity contribution is -0.139. The van der Waals surface area contributed by atoms with Crippen molar-refractivity contribution < 1.29 is 22.7 Å². The normalized spacial score (nSPS) is 17.2. The van der Waals surface area contributed by atoms with Crippen molar-refractivity contribution in [2.24, 2.45) is 5.92 Å². The molecule has 0 heterocycles. The highest BCUT2D eigenvalue weighted by atomic mass is 32.2. The number of carboxylic acid groups (broad SMARTS) is 1. The predicted molar refractivity (Wildman–Crippen MR) is 65.6 cm³/mol. The van der Waals surface area contributed by atoms with Crippen LogP contribution in [0.15, 0.2) is 23.1 Å². The van der Waals surface area contributed by atoms with Gasteiger partial charge in [0.05, 0.1) is 4.90 Å². The van der Waals surface area contributed by atoms with E-state index in [4.69, 9.17) is 5.11 Å². The van der Waals surface area contributed by atoms with Crippen molar-refractivity contribution in [3.63, 3.8) is 0 Å². The van der Waals surface area contributed by atoms with Gasteiger partial charge in [-0.1, -0.05) is 6.07 Å². The molecule has 104 valence electrons. The van der Waals surface area contributed by atoms with Crippen molar-refractivity contribution in [3.05, 3.63) is 29.6 Å². The lowest BCUT2D eigenvalue weighted by Gasteiger charge is -2.15. The minimum atomic E-state index is -4.03. The Morgan fingerprint density at radius 3 is 2.63 bits per heavy atom. The van der Waals surface area contributed by atoms with Crippen LogP contribution < -0.4 is 4.72 Å². The predicted octanol–water partition coefficient (Wildman–Crippen LogP) is 1.28. The molecule has 1 aromatic rings. The Morgan fingerprint density at radius 1 is 1.47 bits per heavy atom. The molecular formula is C12H14FNO4S. The zero-order chi connectivity index (χ0) is 14.2. The van der Waals surface area contributed by atoms with Crippen LogP contribution in [0.5, 0.6) is 0 Å². The molecule has 0 spiro atoms. The maximum Gasteiger partial charge on any atom is 0.322 e. The van der Waals surface area contributed by atoms with Gasteiger partial charge in [-0.15, -0.1) is 0 Å². The van der Waals surface area contributed by atoms with E-state index >= 15 is 0 Å². The standard InChI is InChI=1S/C12H14FNO4S/c1-7-2-5-9(13)6-10(7)19(17,18)14-11(12(15)16)8-3-4-8/h2,5-6,8,11,14H,3-4H2,1H3,(H,15,16). The number of carbonyl (C=O) groups is 1. The number of hydrogen-bond donors (Lipinski definition) is 2. The minimum absolute atomic E-state index is 0.179. The van der Waals surface area contributed by atoms with Gasteiger partial charge in [0.15, 0.2) is 0 Å². The molecule has 19 heavy (non-hydrogen) atoms.